The lowest BCUT2D eigenvalue weighted by Crippen LogP contribution is -2.51. The number of amides is 2. The Bertz CT molecular complexity index is 1190. The van der Waals surface area contributed by atoms with Crippen LogP contribution in [0.3, 0.4) is 0 Å². The number of thiazole rings is 1. The van der Waals surface area contributed by atoms with E-state index in [-0.39, 0.29) is 11.9 Å². The van der Waals surface area contributed by atoms with Crippen molar-refractivity contribution >= 4 is 50.2 Å². The summed E-state index contributed by atoms with van der Waals surface area (Å²) in [5.41, 5.74) is 3.19. The van der Waals surface area contributed by atoms with Crippen LogP contribution in [-0.2, 0) is 4.79 Å². The molecule has 32 heavy (non-hydrogen) atoms. The second kappa shape index (κ2) is 8.38. The maximum Gasteiger partial charge on any atom is 0.412 e. The molecule has 5 rings (SSSR count). The van der Waals surface area contributed by atoms with Gasteiger partial charge < -0.3 is 15.7 Å². The maximum absolute atomic E-state index is 12.3. The molecule has 3 aromatic rings. The molecule has 3 N–H and O–H groups in total. The van der Waals surface area contributed by atoms with Gasteiger partial charge in [0.15, 0.2) is 5.13 Å². The number of nitrogens with zero attached hydrogens (tertiary/aromatic N) is 3. The molecule has 3 heterocycles. The van der Waals surface area contributed by atoms with E-state index in [0.717, 1.165) is 47.0 Å². The second-order valence-electron chi connectivity index (χ2n) is 8.47. The molecule has 1 aliphatic carbocycles. The standard InChI is InChI=1S/C23H25N5O3S/c1-13(29)26-22-27-17-8-7-15(10-20(17)32-22)16-9-18-21(24-11-16)25-12-19(28(18)23(30)31)14-5-3-2-4-6-14/h7-11,14,19H,2-6,12H2,1H3,(H,24,25)(H,30,31)(H,26,27,29). The Hall–Kier alpha value is -3.20. The quantitative estimate of drug-likeness (QED) is 0.507. The lowest BCUT2D eigenvalue weighted by Gasteiger charge is -2.41. The van der Waals surface area contributed by atoms with Crippen molar-refractivity contribution in [3.63, 3.8) is 0 Å². The Morgan fingerprint density at radius 2 is 2.00 bits per heavy atom. The summed E-state index contributed by atoms with van der Waals surface area (Å²) in [4.78, 5) is 34.1. The zero-order chi connectivity index (χ0) is 22.2. The predicted octanol–water partition coefficient (Wildman–Crippen LogP) is 5.18. The fraction of sp³-hybridized carbons (Fsp3) is 0.391. The minimum Gasteiger partial charge on any atom is -0.465 e. The number of fused-ring (bicyclic) bond motifs is 2. The van der Waals surface area contributed by atoms with Crippen LogP contribution in [0.25, 0.3) is 21.3 Å². The highest BCUT2D eigenvalue weighted by molar-refractivity contribution is 7.22. The van der Waals surface area contributed by atoms with Crippen molar-refractivity contribution in [2.24, 2.45) is 5.92 Å². The summed E-state index contributed by atoms with van der Waals surface area (Å²) in [6, 6.07) is 7.69. The van der Waals surface area contributed by atoms with E-state index < -0.39 is 6.09 Å². The van der Waals surface area contributed by atoms with Gasteiger partial charge in [0.25, 0.3) is 0 Å². The Morgan fingerprint density at radius 1 is 1.19 bits per heavy atom. The smallest absolute Gasteiger partial charge is 0.412 e. The van der Waals surface area contributed by atoms with Crippen molar-refractivity contribution < 1.29 is 14.7 Å². The lowest BCUT2D eigenvalue weighted by atomic mass is 9.82. The summed E-state index contributed by atoms with van der Waals surface area (Å²) >= 11 is 1.41. The van der Waals surface area contributed by atoms with Crippen molar-refractivity contribution in [1.29, 1.82) is 0 Å². The average Bonchev–Trinajstić information content (AvgIpc) is 3.19. The minimum atomic E-state index is -0.930. The molecule has 1 saturated carbocycles. The maximum atomic E-state index is 12.3. The molecule has 1 aliphatic heterocycles. The number of carboxylic acid groups (broad SMARTS) is 1. The van der Waals surface area contributed by atoms with E-state index in [2.05, 4.69) is 20.6 Å². The molecule has 0 radical (unpaired) electrons. The Balaban J connectivity index is 1.50. The molecule has 1 fully saturated rings. The number of aromatic nitrogens is 2. The first-order valence-electron chi connectivity index (χ1n) is 10.9. The Morgan fingerprint density at radius 3 is 2.75 bits per heavy atom. The Labute approximate surface area is 189 Å². The van der Waals surface area contributed by atoms with Gasteiger partial charge in [-0.3, -0.25) is 9.69 Å². The summed E-state index contributed by atoms with van der Waals surface area (Å²) < 4.78 is 0.942. The predicted molar refractivity (Wildman–Crippen MR) is 127 cm³/mol. The van der Waals surface area contributed by atoms with Crippen molar-refractivity contribution in [2.45, 2.75) is 45.1 Å². The van der Waals surface area contributed by atoms with Crippen LogP contribution < -0.4 is 15.5 Å². The fourth-order valence-electron chi connectivity index (χ4n) is 4.85. The minimum absolute atomic E-state index is 0.0819. The highest BCUT2D eigenvalue weighted by Crippen LogP contribution is 2.39. The number of carbonyl (C=O) groups is 2. The molecule has 2 aromatic heterocycles. The molecule has 0 spiro atoms. The van der Waals surface area contributed by atoms with Gasteiger partial charge in [0.05, 0.1) is 21.9 Å². The van der Waals surface area contributed by atoms with E-state index >= 15 is 0 Å². The molecule has 0 saturated heterocycles. The number of rotatable bonds is 3. The van der Waals surface area contributed by atoms with E-state index in [0.29, 0.717) is 29.1 Å². The van der Waals surface area contributed by atoms with Crippen LogP contribution in [0.4, 0.5) is 21.4 Å². The average molecular weight is 452 g/mol. The van der Waals surface area contributed by atoms with Crippen LogP contribution in [0.5, 0.6) is 0 Å². The van der Waals surface area contributed by atoms with Crippen molar-refractivity contribution in [2.75, 3.05) is 22.1 Å². The highest BCUT2D eigenvalue weighted by Gasteiger charge is 2.37. The molecule has 166 valence electrons. The molecular formula is C23H25N5O3S. The molecule has 2 aliphatic rings. The third-order valence-electron chi connectivity index (χ3n) is 6.34. The fourth-order valence-corrected chi connectivity index (χ4v) is 5.80. The zero-order valence-electron chi connectivity index (χ0n) is 17.8. The monoisotopic (exact) mass is 451 g/mol. The second-order valence-corrected chi connectivity index (χ2v) is 9.50. The third-order valence-corrected chi connectivity index (χ3v) is 7.28. The number of hydrogen-bond acceptors (Lipinski definition) is 6. The van der Waals surface area contributed by atoms with Crippen molar-refractivity contribution in [3.05, 3.63) is 30.5 Å². The number of anilines is 3. The van der Waals surface area contributed by atoms with Crippen LogP contribution in [0.1, 0.15) is 39.0 Å². The van der Waals surface area contributed by atoms with Crippen LogP contribution in [0, 0.1) is 5.92 Å². The first kappa shape index (κ1) is 20.7. The topological polar surface area (TPSA) is 107 Å². The van der Waals surface area contributed by atoms with E-state index in [9.17, 15) is 14.7 Å². The summed E-state index contributed by atoms with van der Waals surface area (Å²) in [5.74, 6) is 0.817. The van der Waals surface area contributed by atoms with E-state index in [1.165, 1.54) is 29.6 Å². The van der Waals surface area contributed by atoms with Crippen LogP contribution in [0.15, 0.2) is 30.5 Å². The molecule has 1 unspecified atom stereocenters. The summed E-state index contributed by atoms with van der Waals surface area (Å²) in [6.45, 7) is 2.05. The summed E-state index contributed by atoms with van der Waals surface area (Å²) in [7, 11) is 0. The first-order valence-corrected chi connectivity index (χ1v) is 11.8. The molecule has 2 amide bonds. The van der Waals surface area contributed by atoms with E-state index in [1.54, 1.807) is 6.20 Å². The number of pyridine rings is 1. The lowest BCUT2D eigenvalue weighted by molar-refractivity contribution is -0.114. The van der Waals surface area contributed by atoms with Crippen molar-refractivity contribution in [1.82, 2.24) is 9.97 Å². The Kier molecular flexibility index (Phi) is 5.42. The van der Waals surface area contributed by atoms with Crippen molar-refractivity contribution in [3.8, 4) is 11.1 Å². The number of nitrogens with one attached hydrogen (secondary N) is 2. The van der Waals surface area contributed by atoms with Gasteiger partial charge in [-0.2, -0.15) is 0 Å². The molecule has 1 atom stereocenters. The first-order chi connectivity index (χ1) is 15.5. The van der Waals surface area contributed by atoms with Crippen LogP contribution in [0.2, 0.25) is 0 Å². The molecular weight excluding hydrogens is 426 g/mol. The number of benzene rings is 1. The summed E-state index contributed by atoms with van der Waals surface area (Å²) in [5, 5.41) is 16.7. The molecule has 0 bridgehead atoms. The van der Waals surface area contributed by atoms with Crippen LogP contribution >= 0.6 is 11.3 Å². The highest BCUT2D eigenvalue weighted by atomic mass is 32.1. The van der Waals surface area contributed by atoms with Gasteiger partial charge in [-0.15, -0.1) is 0 Å². The van der Waals surface area contributed by atoms with E-state index in [1.807, 2.05) is 24.3 Å². The number of hydrogen-bond donors (Lipinski definition) is 3. The van der Waals surface area contributed by atoms with Crippen LogP contribution in [-0.4, -0.2) is 39.7 Å². The van der Waals surface area contributed by atoms with Gasteiger partial charge in [0, 0.05) is 25.2 Å². The molecule has 9 heteroatoms. The van der Waals surface area contributed by atoms with Gasteiger partial charge in [-0.25, -0.2) is 14.8 Å². The normalized spacial score (nSPS) is 18.8. The molecule has 8 nitrogen and oxygen atoms in total. The summed E-state index contributed by atoms with van der Waals surface area (Å²) in [6.07, 6.45) is 6.53. The molecule has 1 aromatic carbocycles. The van der Waals surface area contributed by atoms with Gasteiger partial charge in [0.2, 0.25) is 5.91 Å². The third kappa shape index (κ3) is 3.88. The zero-order valence-corrected chi connectivity index (χ0v) is 18.6. The van der Waals surface area contributed by atoms with Gasteiger partial charge in [-0.05, 0) is 42.5 Å². The van der Waals surface area contributed by atoms with Gasteiger partial charge in [-0.1, -0.05) is 36.7 Å². The number of carbonyl (C=O) groups excluding carboxylic acids is 1. The van der Waals surface area contributed by atoms with Gasteiger partial charge in [0.1, 0.15) is 5.82 Å². The largest absolute Gasteiger partial charge is 0.465 e. The van der Waals surface area contributed by atoms with E-state index in [4.69, 9.17) is 0 Å². The van der Waals surface area contributed by atoms with Gasteiger partial charge >= 0.3 is 6.09 Å². The SMILES string of the molecule is CC(=O)Nc1nc2ccc(-c3cnc4c(c3)N(C(=O)O)C(C3CCCCC3)CN4)cc2s1.